The van der Waals surface area contributed by atoms with Crippen molar-refractivity contribution in [2.45, 2.75) is 56.9 Å². The molecule has 3 aromatic carbocycles. The molecule has 0 unspecified atom stereocenters. The van der Waals surface area contributed by atoms with Crippen LogP contribution in [-0.2, 0) is 33.4 Å². The summed E-state index contributed by atoms with van der Waals surface area (Å²) in [6, 6.07) is 24.9. The number of alkyl carbamates (subject to hydrolysis) is 1. The number of nitrogens with one attached hydrogen (secondary N) is 2. The number of thioether (sulfide) groups is 1. The van der Waals surface area contributed by atoms with Crippen LogP contribution in [0, 0.1) is 0 Å². The van der Waals surface area contributed by atoms with Gasteiger partial charge in [0.15, 0.2) is 6.10 Å². The molecule has 0 spiro atoms. The molecule has 11 nitrogen and oxygen atoms in total. The first kappa shape index (κ1) is 35.9. The van der Waals surface area contributed by atoms with E-state index in [1.165, 1.54) is 28.8 Å². The molecule has 2 N–H and O–H groups in total. The minimum absolute atomic E-state index is 0.0341. The Morgan fingerprint density at radius 2 is 1.46 bits per heavy atom. The summed E-state index contributed by atoms with van der Waals surface area (Å²) in [5.41, 5.74) is 1.48. The molecular weight excluding hydrogens is 658 g/mol. The van der Waals surface area contributed by atoms with Gasteiger partial charge in [-0.2, -0.15) is 0 Å². The summed E-state index contributed by atoms with van der Waals surface area (Å²) < 4.78 is 16.6. The van der Waals surface area contributed by atoms with Gasteiger partial charge in [0.1, 0.15) is 28.8 Å². The lowest BCUT2D eigenvalue weighted by atomic mass is 9.99. The molecule has 3 aromatic rings. The van der Waals surface area contributed by atoms with Crippen LogP contribution < -0.4 is 10.6 Å². The van der Waals surface area contributed by atoms with Crippen LogP contribution in [-0.4, -0.2) is 64.1 Å². The van der Waals surface area contributed by atoms with Gasteiger partial charge in [0.25, 0.3) is 5.91 Å². The molecule has 3 atom stereocenters. The highest BCUT2D eigenvalue weighted by Gasteiger charge is 2.55. The smallest absolute Gasteiger partial charge is 0.408 e. The van der Waals surface area contributed by atoms with Crippen molar-refractivity contribution >= 4 is 41.6 Å². The molecule has 12 heteroatoms. The maximum atomic E-state index is 14.1. The van der Waals surface area contributed by atoms with Crippen LogP contribution in [0.15, 0.2) is 114 Å². The number of ether oxygens (including phenoxy) is 3. The molecule has 1 fully saturated rings. The van der Waals surface area contributed by atoms with E-state index in [-0.39, 0.29) is 18.1 Å². The number of carbonyl (C=O) groups excluding carboxylic acids is 5. The summed E-state index contributed by atoms with van der Waals surface area (Å²) >= 11 is 1.31. The van der Waals surface area contributed by atoms with Crippen molar-refractivity contribution in [3.8, 4) is 0 Å². The van der Waals surface area contributed by atoms with Gasteiger partial charge in [0.05, 0.1) is 6.61 Å². The van der Waals surface area contributed by atoms with Gasteiger partial charge in [0, 0.05) is 11.8 Å². The van der Waals surface area contributed by atoms with E-state index in [9.17, 15) is 24.0 Å². The number of benzene rings is 3. The summed E-state index contributed by atoms with van der Waals surface area (Å²) in [6.07, 6.45) is 1.06. The third kappa shape index (κ3) is 8.61. The van der Waals surface area contributed by atoms with Crippen molar-refractivity contribution in [2.24, 2.45) is 0 Å². The van der Waals surface area contributed by atoms with Crippen LogP contribution in [0.4, 0.5) is 4.79 Å². The fourth-order valence-electron chi connectivity index (χ4n) is 5.47. The SMILES string of the molecule is CCOC(=O)/C=C/C1=C(C(=O)OC(c2ccccc2)c2ccccc2)N2C(=O)[C@@H](NC(=O)[C@H](NC(=O)OC(C)(C)C)c3ccccc3)[C@H]2SC1. The van der Waals surface area contributed by atoms with Gasteiger partial charge in [-0.05, 0) is 56.0 Å². The Kier molecular flexibility index (Phi) is 11.4. The average Bonchev–Trinajstić information content (AvgIpc) is 3.10. The average molecular weight is 698 g/mol. The first-order valence-electron chi connectivity index (χ1n) is 16.1. The third-order valence-corrected chi connectivity index (χ3v) is 8.98. The van der Waals surface area contributed by atoms with E-state index >= 15 is 0 Å². The Hall–Kier alpha value is -5.36. The Bertz CT molecular complexity index is 1730. The molecule has 0 aliphatic carbocycles. The van der Waals surface area contributed by atoms with E-state index in [1.807, 2.05) is 60.7 Å². The molecule has 3 amide bonds. The Balaban J connectivity index is 1.42. The number of allylic oxidation sites excluding steroid dienone is 1. The number of hydrogen-bond acceptors (Lipinski definition) is 9. The highest BCUT2D eigenvalue weighted by atomic mass is 32.2. The van der Waals surface area contributed by atoms with Crippen molar-refractivity contribution in [3.63, 3.8) is 0 Å². The van der Waals surface area contributed by atoms with Crippen LogP contribution >= 0.6 is 11.8 Å². The number of rotatable bonds is 11. The van der Waals surface area contributed by atoms with Crippen LogP contribution in [0.5, 0.6) is 0 Å². The summed E-state index contributed by atoms with van der Waals surface area (Å²) in [6.45, 7) is 6.98. The van der Waals surface area contributed by atoms with E-state index in [0.29, 0.717) is 11.1 Å². The standard InChI is InChI=1S/C38H39N3O8S/c1-5-47-28(42)22-21-27-23-50-35-30(39-33(43)29(24-15-9-6-10-16-24)40-37(46)49-38(2,3)4)34(44)41(35)31(27)36(45)48-32(25-17-11-7-12-18-25)26-19-13-8-14-20-26/h6-22,29-30,32,35H,5,23H2,1-4H3,(H,39,43)(H,40,46)/b22-21+/t29-,30-,35-/m1/s1. The molecule has 50 heavy (non-hydrogen) atoms. The number of carbonyl (C=O) groups is 5. The van der Waals surface area contributed by atoms with Crippen LogP contribution in [0.1, 0.15) is 56.5 Å². The molecule has 260 valence electrons. The summed E-state index contributed by atoms with van der Waals surface area (Å²) in [4.78, 5) is 67.9. The number of nitrogens with zero attached hydrogens (tertiary/aromatic N) is 1. The van der Waals surface area contributed by atoms with E-state index in [0.717, 1.165) is 11.1 Å². The maximum absolute atomic E-state index is 14.1. The van der Waals surface area contributed by atoms with Crippen molar-refractivity contribution in [1.29, 1.82) is 0 Å². The molecule has 0 aromatic heterocycles. The Morgan fingerprint density at radius 1 is 0.900 bits per heavy atom. The van der Waals surface area contributed by atoms with Gasteiger partial charge >= 0.3 is 18.0 Å². The number of fused-ring (bicyclic) bond motifs is 1. The molecule has 0 bridgehead atoms. The quantitative estimate of drug-likeness (QED) is 0.117. The van der Waals surface area contributed by atoms with Gasteiger partial charge in [-0.15, -0.1) is 11.8 Å². The predicted octanol–water partition coefficient (Wildman–Crippen LogP) is 5.36. The molecular formula is C38H39N3O8S. The van der Waals surface area contributed by atoms with E-state index in [1.54, 1.807) is 58.0 Å². The minimum Gasteiger partial charge on any atom is -0.463 e. The van der Waals surface area contributed by atoms with E-state index < -0.39 is 59.0 Å². The molecule has 0 saturated carbocycles. The minimum atomic E-state index is -1.16. The number of esters is 2. The molecule has 2 aliphatic rings. The van der Waals surface area contributed by atoms with Gasteiger partial charge in [-0.3, -0.25) is 14.5 Å². The lowest BCUT2D eigenvalue weighted by Crippen LogP contribution is -2.71. The highest BCUT2D eigenvalue weighted by Crippen LogP contribution is 2.42. The van der Waals surface area contributed by atoms with Gasteiger partial charge in [0.2, 0.25) is 5.91 Å². The molecule has 1 saturated heterocycles. The third-order valence-electron chi connectivity index (χ3n) is 7.68. The largest absolute Gasteiger partial charge is 0.463 e. The van der Waals surface area contributed by atoms with Crippen molar-refractivity contribution in [2.75, 3.05) is 12.4 Å². The van der Waals surface area contributed by atoms with Crippen LogP contribution in [0.3, 0.4) is 0 Å². The topological polar surface area (TPSA) is 140 Å². The van der Waals surface area contributed by atoms with Gasteiger partial charge < -0.3 is 24.8 Å². The van der Waals surface area contributed by atoms with Crippen molar-refractivity contribution in [3.05, 3.63) is 131 Å². The molecule has 2 heterocycles. The molecule has 5 rings (SSSR count). The summed E-state index contributed by atoms with van der Waals surface area (Å²) in [7, 11) is 0. The van der Waals surface area contributed by atoms with Crippen LogP contribution in [0.25, 0.3) is 0 Å². The zero-order chi connectivity index (χ0) is 35.8. The monoisotopic (exact) mass is 697 g/mol. The summed E-state index contributed by atoms with van der Waals surface area (Å²) in [5.74, 6) is -2.33. The zero-order valence-corrected chi connectivity index (χ0v) is 29.0. The fourth-order valence-corrected chi connectivity index (χ4v) is 6.79. The first-order chi connectivity index (χ1) is 24.0. The fraction of sp³-hybridized carbons (Fsp3) is 0.289. The normalized spacial score (nSPS) is 17.8. The Labute approximate surface area is 295 Å². The van der Waals surface area contributed by atoms with E-state index in [2.05, 4.69) is 10.6 Å². The maximum Gasteiger partial charge on any atom is 0.408 e. The second-order valence-electron chi connectivity index (χ2n) is 12.5. The van der Waals surface area contributed by atoms with Gasteiger partial charge in [-0.25, -0.2) is 14.4 Å². The predicted molar refractivity (Wildman–Crippen MR) is 187 cm³/mol. The first-order valence-corrected chi connectivity index (χ1v) is 17.2. The van der Waals surface area contributed by atoms with E-state index in [4.69, 9.17) is 14.2 Å². The van der Waals surface area contributed by atoms with Crippen LogP contribution in [0.2, 0.25) is 0 Å². The number of hydrogen-bond donors (Lipinski definition) is 2. The number of β-lactam (4-membered cyclic amide) rings is 1. The zero-order valence-electron chi connectivity index (χ0n) is 28.2. The van der Waals surface area contributed by atoms with Gasteiger partial charge in [-0.1, -0.05) is 91.0 Å². The molecule has 2 aliphatic heterocycles. The summed E-state index contributed by atoms with van der Waals surface area (Å²) in [5, 5.41) is 4.72. The lowest BCUT2D eigenvalue weighted by molar-refractivity contribution is -0.154. The van der Waals surface area contributed by atoms with Crippen molar-refractivity contribution < 1.29 is 38.2 Å². The van der Waals surface area contributed by atoms with Crippen molar-refractivity contribution in [1.82, 2.24) is 15.5 Å². The second kappa shape index (κ2) is 15.9. The Morgan fingerprint density at radius 3 is 2.00 bits per heavy atom. The second-order valence-corrected chi connectivity index (χ2v) is 13.6. The molecule has 0 radical (unpaired) electrons. The lowest BCUT2D eigenvalue weighted by Gasteiger charge is -2.49. The number of amides is 3. The highest BCUT2D eigenvalue weighted by molar-refractivity contribution is 8.00.